The van der Waals surface area contributed by atoms with Crippen LogP contribution in [0.5, 0.6) is 0 Å². The van der Waals surface area contributed by atoms with Gasteiger partial charge in [-0.25, -0.2) is 0 Å². The quantitative estimate of drug-likeness (QED) is 0.380. The summed E-state index contributed by atoms with van der Waals surface area (Å²) in [6, 6.07) is 0. The molecule has 0 aromatic rings. The third-order valence-electron chi connectivity index (χ3n) is 1.07. The number of nitrogens with zero attached hydrogens (tertiary/aromatic N) is 1. The molecule has 46 valence electrons. The highest BCUT2D eigenvalue weighted by Crippen LogP contribution is 2.13. The van der Waals surface area contributed by atoms with Crippen LogP contribution in [0.2, 0.25) is 0 Å². The van der Waals surface area contributed by atoms with Gasteiger partial charge in [0.05, 0.1) is 5.71 Å². The topological polar surface area (TPSA) is 32.6 Å². The van der Waals surface area contributed by atoms with Gasteiger partial charge in [0.15, 0.2) is 0 Å². The molecule has 1 aliphatic carbocycles. The summed E-state index contributed by atoms with van der Waals surface area (Å²) in [5.41, 5.74) is -0.0845. The molecule has 1 saturated carbocycles. The molecule has 1 fully saturated rings. The summed E-state index contributed by atoms with van der Waals surface area (Å²) in [5, 5.41) is 11.2. The van der Waals surface area contributed by atoms with E-state index in [1.807, 2.05) is 0 Å². The molecule has 0 saturated heterocycles. The Kier molecular flexibility index (Phi) is 0.802. The lowest BCUT2D eigenvalue weighted by Gasteiger charge is -2.08. The van der Waals surface area contributed by atoms with Gasteiger partial charge in [0.25, 0.3) is 0 Å². The minimum absolute atomic E-state index is 0.0845. The smallest absolute Gasteiger partial charge is 0.0570 e. The summed E-state index contributed by atoms with van der Waals surface area (Å²) in [6.07, 6.45) is -2.99. The minimum atomic E-state index is -2.12. The molecule has 1 aliphatic rings. The van der Waals surface area contributed by atoms with E-state index in [-0.39, 0.29) is 12.1 Å². The lowest BCUT2D eigenvalue weighted by atomic mass is 9.99. The molecule has 0 heterocycles. The van der Waals surface area contributed by atoms with Gasteiger partial charge in [-0.3, -0.25) is 0 Å². The number of rotatable bonds is 0. The van der Waals surface area contributed by atoms with Crippen molar-refractivity contribution in [3.05, 3.63) is 0 Å². The summed E-state index contributed by atoms with van der Waals surface area (Å²) in [5.74, 6) is 0. The lowest BCUT2D eigenvalue weighted by Crippen LogP contribution is -2.03. The van der Waals surface area contributed by atoms with E-state index in [1.165, 1.54) is 0 Å². The maximum absolute atomic E-state index is 8.44. The summed E-state index contributed by atoms with van der Waals surface area (Å²) < 4.78 is 29.5. The zero-order valence-corrected chi connectivity index (χ0v) is 4.52. The van der Waals surface area contributed by atoms with Crippen LogP contribution in [0, 0.1) is 0 Å². The number of hydrogen-bond donors (Lipinski definition) is 1. The first-order valence-corrected chi connectivity index (χ1v) is 2.63. The summed E-state index contributed by atoms with van der Waals surface area (Å²) in [6.45, 7) is 0. The summed E-state index contributed by atoms with van der Waals surface area (Å²) >= 11 is 0. The highest BCUT2D eigenvalue weighted by atomic mass is 16.4. The Morgan fingerprint density at radius 3 is 3.12 bits per heavy atom. The second-order valence-corrected chi connectivity index (χ2v) is 1.70. The molecule has 0 spiro atoms. The van der Waals surface area contributed by atoms with Crippen molar-refractivity contribution in [1.82, 2.24) is 0 Å². The Hall–Kier alpha value is -0.530. The maximum atomic E-state index is 8.44. The fraction of sp³-hybridized carbons (Fsp3) is 0.833. The van der Waals surface area contributed by atoms with Crippen molar-refractivity contribution in [3.63, 3.8) is 0 Å². The molecular weight excluding hydrogens is 102 g/mol. The Morgan fingerprint density at radius 1 is 1.62 bits per heavy atom. The predicted molar refractivity (Wildman–Crippen MR) is 32.3 cm³/mol. The molecular formula is C6H11NO. The Labute approximate surface area is 54.8 Å². The van der Waals surface area contributed by atoms with Crippen LogP contribution in [0.15, 0.2) is 5.16 Å². The second-order valence-electron chi connectivity index (χ2n) is 1.70. The minimum Gasteiger partial charge on any atom is -0.411 e. The van der Waals surface area contributed by atoms with E-state index < -0.39 is 12.7 Å². The van der Waals surface area contributed by atoms with Gasteiger partial charge in [0.1, 0.15) is 0 Å². The van der Waals surface area contributed by atoms with Gasteiger partial charge in [-0.15, -0.1) is 0 Å². The molecule has 0 aliphatic heterocycles. The predicted octanol–water partition coefficient (Wildman–Crippen LogP) is 1.78. The molecule has 0 bridgehead atoms. The average Bonchev–Trinajstić information content (AvgIpc) is 1.95. The van der Waals surface area contributed by atoms with Gasteiger partial charge in [0, 0.05) is 5.48 Å². The van der Waals surface area contributed by atoms with Crippen LogP contribution >= 0.6 is 0 Å². The van der Waals surface area contributed by atoms with Crippen LogP contribution < -0.4 is 0 Å². The van der Waals surface area contributed by atoms with Gasteiger partial charge < -0.3 is 5.21 Å². The first-order valence-electron chi connectivity index (χ1n) is 4.63. The Balaban J connectivity index is 2.98. The van der Waals surface area contributed by atoms with Gasteiger partial charge >= 0.3 is 0 Å². The molecule has 0 aromatic carbocycles. The number of hydrogen-bond acceptors (Lipinski definition) is 2. The molecule has 8 heavy (non-hydrogen) atoms. The standard InChI is InChI=1S/C6H11NO/c8-7-6-4-2-1-3-5-6/h8H,1-5H2/i2D2,4D2. The van der Waals surface area contributed by atoms with Gasteiger partial charge in [-0.1, -0.05) is 11.6 Å². The zero-order chi connectivity index (χ0) is 9.41. The van der Waals surface area contributed by atoms with E-state index in [4.69, 9.17) is 10.7 Å². The first kappa shape index (κ1) is 2.38. The average molecular weight is 117 g/mol. The zero-order valence-electron chi connectivity index (χ0n) is 8.52. The fourth-order valence-corrected chi connectivity index (χ4v) is 0.646. The Bertz CT molecular complexity index is 214. The van der Waals surface area contributed by atoms with E-state index in [0.29, 0.717) is 12.8 Å². The SMILES string of the molecule is [2H]C1([2H])CCCC(=NO)C1([2H])[2H]. The molecule has 2 heteroatoms. The van der Waals surface area contributed by atoms with E-state index in [0.717, 1.165) is 0 Å². The highest BCUT2D eigenvalue weighted by Gasteiger charge is 2.05. The molecule has 1 rings (SSSR count). The van der Waals surface area contributed by atoms with Gasteiger partial charge in [-0.2, -0.15) is 0 Å². The van der Waals surface area contributed by atoms with Crippen molar-refractivity contribution in [3.8, 4) is 0 Å². The molecule has 0 aromatic heterocycles. The van der Waals surface area contributed by atoms with Crippen LogP contribution in [0.25, 0.3) is 0 Å². The van der Waals surface area contributed by atoms with Crippen LogP contribution in [-0.4, -0.2) is 10.9 Å². The fourth-order valence-electron chi connectivity index (χ4n) is 0.646. The molecule has 2 nitrogen and oxygen atoms in total. The van der Waals surface area contributed by atoms with E-state index in [9.17, 15) is 0 Å². The van der Waals surface area contributed by atoms with E-state index in [1.54, 1.807) is 0 Å². The Morgan fingerprint density at radius 2 is 2.50 bits per heavy atom. The summed E-state index contributed by atoms with van der Waals surface area (Å²) in [7, 11) is 0. The normalized spacial score (nSPS) is 46.2. The van der Waals surface area contributed by atoms with Crippen molar-refractivity contribution in [2.24, 2.45) is 5.16 Å². The molecule has 0 radical (unpaired) electrons. The molecule has 0 amide bonds. The molecule has 0 unspecified atom stereocenters. The largest absolute Gasteiger partial charge is 0.411 e. The van der Waals surface area contributed by atoms with Crippen LogP contribution in [0.4, 0.5) is 0 Å². The molecule has 1 N–H and O–H groups in total. The third-order valence-corrected chi connectivity index (χ3v) is 1.07. The van der Waals surface area contributed by atoms with Crippen LogP contribution in [0.3, 0.4) is 0 Å². The van der Waals surface area contributed by atoms with Crippen molar-refractivity contribution in [1.29, 1.82) is 0 Å². The van der Waals surface area contributed by atoms with Crippen molar-refractivity contribution in [2.75, 3.05) is 0 Å². The van der Waals surface area contributed by atoms with Crippen molar-refractivity contribution >= 4 is 5.71 Å². The number of oxime groups is 1. The summed E-state index contributed by atoms with van der Waals surface area (Å²) in [4.78, 5) is 0. The lowest BCUT2D eigenvalue weighted by molar-refractivity contribution is 0.314. The second kappa shape index (κ2) is 2.70. The van der Waals surface area contributed by atoms with E-state index in [2.05, 4.69) is 5.16 Å². The van der Waals surface area contributed by atoms with Gasteiger partial charge in [-0.05, 0) is 25.6 Å². The highest BCUT2D eigenvalue weighted by molar-refractivity contribution is 5.84. The van der Waals surface area contributed by atoms with Crippen LogP contribution in [-0.2, 0) is 0 Å². The van der Waals surface area contributed by atoms with Crippen LogP contribution in [0.1, 0.15) is 37.5 Å². The van der Waals surface area contributed by atoms with E-state index >= 15 is 0 Å². The van der Waals surface area contributed by atoms with Crippen molar-refractivity contribution in [2.45, 2.75) is 32.0 Å². The monoisotopic (exact) mass is 117 g/mol. The maximum Gasteiger partial charge on any atom is 0.0570 e. The first-order chi connectivity index (χ1) is 5.42. The van der Waals surface area contributed by atoms with Gasteiger partial charge in [0.2, 0.25) is 0 Å². The third kappa shape index (κ3) is 1.22. The molecule has 0 atom stereocenters. The van der Waals surface area contributed by atoms with Crippen molar-refractivity contribution < 1.29 is 10.7 Å².